The van der Waals surface area contributed by atoms with Crippen molar-refractivity contribution in [1.82, 2.24) is 10.2 Å². The van der Waals surface area contributed by atoms with Crippen molar-refractivity contribution in [1.29, 1.82) is 0 Å². The summed E-state index contributed by atoms with van der Waals surface area (Å²) in [5.74, 6) is 0.558. The van der Waals surface area contributed by atoms with Crippen molar-refractivity contribution >= 4 is 15.9 Å². The summed E-state index contributed by atoms with van der Waals surface area (Å²) in [7, 11) is 0. The van der Waals surface area contributed by atoms with Crippen molar-refractivity contribution in [2.45, 2.75) is 6.92 Å². The molecule has 0 unspecified atom stereocenters. The van der Waals surface area contributed by atoms with Crippen LogP contribution in [0.3, 0.4) is 0 Å². The molecular formula is C9H6BrFN2O. The molecule has 1 heterocycles. The minimum absolute atomic E-state index is 0.308. The average molecular weight is 257 g/mol. The van der Waals surface area contributed by atoms with Gasteiger partial charge >= 0.3 is 0 Å². The topological polar surface area (TPSA) is 38.9 Å². The Morgan fingerprint density at radius 2 is 2.14 bits per heavy atom. The zero-order valence-corrected chi connectivity index (χ0v) is 8.88. The maximum Gasteiger partial charge on any atom is 0.248 e. The molecule has 0 aliphatic rings. The highest BCUT2D eigenvalue weighted by Crippen LogP contribution is 2.27. The summed E-state index contributed by atoms with van der Waals surface area (Å²) < 4.78 is 18.6. The molecule has 0 saturated carbocycles. The number of hydrogen-bond acceptors (Lipinski definition) is 3. The second kappa shape index (κ2) is 3.49. The van der Waals surface area contributed by atoms with Crippen LogP contribution in [0, 0.1) is 12.7 Å². The van der Waals surface area contributed by atoms with Crippen molar-refractivity contribution in [3.05, 3.63) is 34.4 Å². The highest BCUT2D eigenvalue weighted by Gasteiger charge is 2.10. The van der Waals surface area contributed by atoms with E-state index in [-0.39, 0.29) is 5.82 Å². The van der Waals surface area contributed by atoms with Crippen LogP contribution in [-0.2, 0) is 0 Å². The second-order valence-electron chi connectivity index (χ2n) is 2.75. The minimum Gasteiger partial charge on any atom is -0.421 e. The standard InChI is InChI=1S/C9H6BrFN2O/c1-5-12-13-9(14-5)7-3-2-6(11)4-8(7)10/h2-4H,1H3. The Kier molecular flexibility index (Phi) is 2.33. The normalized spacial score (nSPS) is 10.5. The molecule has 5 heteroatoms. The third kappa shape index (κ3) is 1.68. The van der Waals surface area contributed by atoms with Gasteiger partial charge in [-0.15, -0.1) is 10.2 Å². The average Bonchev–Trinajstić information content (AvgIpc) is 2.51. The Hall–Kier alpha value is -1.23. The van der Waals surface area contributed by atoms with Crippen LogP contribution in [0.2, 0.25) is 0 Å². The first-order valence-electron chi connectivity index (χ1n) is 3.92. The van der Waals surface area contributed by atoms with Gasteiger partial charge in [0.05, 0.1) is 5.56 Å². The molecule has 0 atom stereocenters. The van der Waals surface area contributed by atoms with E-state index in [4.69, 9.17) is 4.42 Å². The van der Waals surface area contributed by atoms with E-state index in [1.165, 1.54) is 12.1 Å². The predicted octanol–water partition coefficient (Wildman–Crippen LogP) is 2.95. The molecule has 0 saturated heterocycles. The minimum atomic E-state index is -0.308. The Morgan fingerprint density at radius 1 is 1.36 bits per heavy atom. The second-order valence-corrected chi connectivity index (χ2v) is 3.60. The molecule has 0 fully saturated rings. The fourth-order valence-corrected chi connectivity index (χ4v) is 1.59. The Labute approximate surface area is 88.1 Å². The first-order chi connectivity index (χ1) is 6.66. The molecule has 0 radical (unpaired) electrons. The number of nitrogens with zero attached hydrogens (tertiary/aromatic N) is 2. The lowest BCUT2D eigenvalue weighted by Crippen LogP contribution is -1.82. The van der Waals surface area contributed by atoms with E-state index >= 15 is 0 Å². The number of halogens is 2. The van der Waals surface area contributed by atoms with E-state index < -0.39 is 0 Å². The van der Waals surface area contributed by atoms with Crippen LogP contribution < -0.4 is 0 Å². The van der Waals surface area contributed by atoms with E-state index in [1.54, 1.807) is 13.0 Å². The number of hydrogen-bond donors (Lipinski definition) is 0. The van der Waals surface area contributed by atoms with Gasteiger partial charge in [0.25, 0.3) is 0 Å². The summed E-state index contributed by atoms with van der Waals surface area (Å²) in [4.78, 5) is 0. The van der Waals surface area contributed by atoms with Crippen LogP contribution in [0.5, 0.6) is 0 Å². The summed E-state index contributed by atoms with van der Waals surface area (Å²) in [5.41, 5.74) is 0.687. The summed E-state index contributed by atoms with van der Waals surface area (Å²) in [6.45, 7) is 1.70. The van der Waals surface area contributed by atoms with E-state index in [1.807, 2.05) is 0 Å². The van der Waals surface area contributed by atoms with Crippen LogP contribution in [-0.4, -0.2) is 10.2 Å². The number of rotatable bonds is 1. The van der Waals surface area contributed by atoms with Crippen molar-refractivity contribution in [2.75, 3.05) is 0 Å². The Bertz CT molecular complexity index is 470. The third-order valence-electron chi connectivity index (χ3n) is 1.69. The molecule has 14 heavy (non-hydrogen) atoms. The van der Waals surface area contributed by atoms with Crippen molar-refractivity contribution in [3.63, 3.8) is 0 Å². The SMILES string of the molecule is Cc1nnc(-c2ccc(F)cc2Br)o1. The zero-order valence-electron chi connectivity index (χ0n) is 7.29. The zero-order chi connectivity index (χ0) is 10.1. The van der Waals surface area contributed by atoms with Gasteiger partial charge in [-0.05, 0) is 34.1 Å². The Balaban J connectivity index is 2.52. The van der Waals surface area contributed by atoms with Gasteiger partial charge in [0.1, 0.15) is 5.82 Å². The van der Waals surface area contributed by atoms with Crippen LogP contribution in [0.25, 0.3) is 11.5 Å². The molecule has 0 aliphatic heterocycles. The van der Waals surface area contributed by atoms with Gasteiger partial charge in [0.15, 0.2) is 0 Å². The van der Waals surface area contributed by atoms with Gasteiger partial charge < -0.3 is 4.42 Å². The molecule has 1 aromatic carbocycles. The maximum atomic E-state index is 12.8. The van der Waals surface area contributed by atoms with E-state index in [0.717, 1.165) is 0 Å². The molecule has 2 aromatic rings. The summed E-state index contributed by atoms with van der Waals surface area (Å²) in [6.07, 6.45) is 0. The molecule has 2 rings (SSSR count). The number of aromatic nitrogens is 2. The molecule has 3 nitrogen and oxygen atoms in total. The lowest BCUT2D eigenvalue weighted by molar-refractivity contribution is 0.532. The first kappa shape index (κ1) is 9.33. The lowest BCUT2D eigenvalue weighted by atomic mass is 10.2. The molecule has 0 aliphatic carbocycles. The van der Waals surface area contributed by atoms with Gasteiger partial charge in [-0.2, -0.15) is 0 Å². The van der Waals surface area contributed by atoms with Crippen LogP contribution in [0.15, 0.2) is 27.1 Å². The highest BCUT2D eigenvalue weighted by molar-refractivity contribution is 9.10. The Morgan fingerprint density at radius 3 is 2.71 bits per heavy atom. The molecule has 0 spiro atoms. The predicted molar refractivity (Wildman–Crippen MR) is 52.1 cm³/mol. The van der Waals surface area contributed by atoms with Crippen molar-refractivity contribution in [2.24, 2.45) is 0 Å². The van der Waals surface area contributed by atoms with Crippen molar-refractivity contribution in [3.8, 4) is 11.5 Å². The summed E-state index contributed by atoms with van der Waals surface area (Å²) in [5, 5.41) is 7.53. The van der Waals surface area contributed by atoms with Gasteiger partial charge in [-0.25, -0.2) is 4.39 Å². The molecule has 0 amide bonds. The number of benzene rings is 1. The summed E-state index contributed by atoms with van der Waals surface area (Å²) >= 11 is 3.23. The fourth-order valence-electron chi connectivity index (χ4n) is 1.07. The van der Waals surface area contributed by atoms with Gasteiger partial charge in [0.2, 0.25) is 11.8 Å². The third-order valence-corrected chi connectivity index (χ3v) is 2.34. The van der Waals surface area contributed by atoms with E-state index in [9.17, 15) is 4.39 Å². The maximum absolute atomic E-state index is 12.8. The first-order valence-corrected chi connectivity index (χ1v) is 4.71. The van der Waals surface area contributed by atoms with Gasteiger partial charge in [0, 0.05) is 11.4 Å². The molecule has 72 valence electrons. The monoisotopic (exact) mass is 256 g/mol. The van der Waals surface area contributed by atoms with Crippen molar-refractivity contribution < 1.29 is 8.81 Å². The summed E-state index contributed by atoms with van der Waals surface area (Å²) in [6, 6.07) is 4.29. The van der Waals surface area contributed by atoms with E-state index in [0.29, 0.717) is 21.8 Å². The van der Waals surface area contributed by atoms with Crippen LogP contribution in [0.4, 0.5) is 4.39 Å². The lowest BCUT2D eigenvalue weighted by Gasteiger charge is -1.98. The largest absolute Gasteiger partial charge is 0.421 e. The van der Waals surface area contributed by atoms with E-state index in [2.05, 4.69) is 26.1 Å². The molecule has 0 N–H and O–H groups in total. The molecule has 1 aromatic heterocycles. The molecular weight excluding hydrogens is 251 g/mol. The number of aryl methyl sites for hydroxylation is 1. The van der Waals surface area contributed by atoms with Crippen LogP contribution in [0.1, 0.15) is 5.89 Å². The molecule has 0 bridgehead atoms. The quantitative estimate of drug-likeness (QED) is 0.788. The van der Waals surface area contributed by atoms with Crippen LogP contribution >= 0.6 is 15.9 Å². The fraction of sp³-hybridized carbons (Fsp3) is 0.111. The van der Waals surface area contributed by atoms with Gasteiger partial charge in [-0.1, -0.05) is 0 Å². The highest BCUT2D eigenvalue weighted by atomic mass is 79.9. The van der Waals surface area contributed by atoms with Gasteiger partial charge in [-0.3, -0.25) is 0 Å². The smallest absolute Gasteiger partial charge is 0.248 e.